The van der Waals surface area contributed by atoms with Gasteiger partial charge >= 0.3 is 5.97 Å². The van der Waals surface area contributed by atoms with Crippen LogP contribution in [0, 0.1) is 0 Å². The van der Waals surface area contributed by atoms with E-state index in [0.717, 1.165) is 23.3 Å². The Labute approximate surface area is 87.9 Å². The Morgan fingerprint density at radius 1 is 1.60 bits per heavy atom. The molecule has 1 heterocycles. The molecular formula is C11H13NO3. The van der Waals surface area contributed by atoms with E-state index in [9.17, 15) is 4.79 Å². The van der Waals surface area contributed by atoms with E-state index in [1.54, 1.807) is 13.2 Å². The molecule has 1 aliphatic rings. The molecule has 0 spiro atoms. The molecule has 4 heteroatoms. The summed E-state index contributed by atoms with van der Waals surface area (Å²) in [5, 5.41) is 12.0. The number of benzene rings is 1. The molecular weight excluding hydrogens is 194 g/mol. The SMILES string of the molecule is COc1ccc2c(c1)CCNC2C(=O)O. The van der Waals surface area contributed by atoms with Crippen molar-refractivity contribution in [1.82, 2.24) is 5.32 Å². The molecule has 80 valence electrons. The highest BCUT2D eigenvalue weighted by molar-refractivity contribution is 5.76. The number of hydrogen-bond donors (Lipinski definition) is 2. The van der Waals surface area contributed by atoms with Gasteiger partial charge in [0.05, 0.1) is 7.11 Å². The van der Waals surface area contributed by atoms with Crippen molar-refractivity contribution in [3.05, 3.63) is 29.3 Å². The molecule has 15 heavy (non-hydrogen) atoms. The van der Waals surface area contributed by atoms with E-state index in [1.165, 1.54) is 0 Å². The Morgan fingerprint density at radius 2 is 2.40 bits per heavy atom. The number of nitrogens with one attached hydrogen (secondary N) is 1. The minimum Gasteiger partial charge on any atom is -0.497 e. The second-order valence-corrected chi connectivity index (χ2v) is 3.54. The molecule has 0 aromatic heterocycles. The largest absolute Gasteiger partial charge is 0.497 e. The average molecular weight is 207 g/mol. The number of carboxylic acid groups (broad SMARTS) is 1. The third-order valence-electron chi connectivity index (χ3n) is 2.65. The first-order valence-electron chi connectivity index (χ1n) is 4.85. The summed E-state index contributed by atoms with van der Waals surface area (Å²) in [5.74, 6) is -0.0547. The van der Waals surface area contributed by atoms with Crippen LogP contribution in [0.5, 0.6) is 5.75 Å². The zero-order valence-corrected chi connectivity index (χ0v) is 8.49. The minimum absolute atomic E-state index is 0.584. The van der Waals surface area contributed by atoms with Gasteiger partial charge in [0.15, 0.2) is 0 Å². The molecule has 1 atom stereocenters. The lowest BCUT2D eigenvalue weighted by atomic mass is 9.94. The molecule has 1 unspecified atom stereocenters. The zero-order valence-electron chi connectivity index (χ0n) is 8.49. The lowest BCUT2D eigenvalue weighted by molar-refractivity contribution is -0.139. The van der Waals surface area contributed by atoms with Crippen LogP contribution >= 0.6 is 0 Å². The van der Waals surface area contributed by atoms with Crippen molar-refractivity contribution in [2.24, 2.45) is 0 Å². The van der Waals surface area contributed by atoms with E-state index in [-0.39, 0.29) is 0 Å². The van der Waals surface area contributed by atoms with Gasteiger partial charge in [0.2, 0.25) is 0 Å². The van der Waals surface area contributed by atoms with Gasteiger partial charge in [-0.25, -0.2) is 0 Å². The minimum atomic E-state index is -0.832. The van der Waals surface area contributed by atoms with Gasteiger partial charge in [-0.3, -0.25) is 4.79 Å². The van der Waals surface area contributed by atoms with E-state index >= 15 is 0 Å². The Bertz CT molecular complexity index is 389. The van der Waals surface area contributed by atoms with Gasteiger partial charge in [-0.1, -0.05) is 6.07 Å². The summed E-state index contributed by atoms with van der Waals surface area (Å²) in [4.78, 5) is 11.0. The maximum absolute atomic E-state index is 11.0. The summed E-state index contributed by atoms with van der Waals surface area (Å²) in [5.41, 5.74) is 1.90. The van der Waals surface area contributed by atoms with E-state index in [0.29, 0.717) is 6.54 Å². The summed E-state index contributed by atoms with van der Waals surface area (Å²) < 4.78 is 5.11. The van der Waals surface area contributed by atoms with Crippen molar-refractivity contribution < 1.29 is 14.6 Å². The fourth-order valence-electron chi connectivity index (χ4n) is 1.89. The normalized spacial score (nSPS) is 19.4. The van der Waals surface area contributed by atoms with Crippen LogP contribution in [0.3, 0.4) is 0 Å². The third kappa shape index (κ3) is 1.80. The molecule has 0 saturated carbocycles. The number of aliphatic carboxylic acids is 1. The van der Waals surface area contributed by atoms with Gasteiger partial charge < -0.3 is 15.2 Å². The average Bonchev–Trinajstić information content (AvgIpc) is 2.27. The van der Waals surface area contributed by atoms with Crippen molar-refractivity contribution in [3.8, 4) is 5.75 Å². The number of fused-ring (bicyclic) bond motifs is 1. The summed E-state index contributed by atoms with van der Waals surface area (Å²) >= 11 is 0. The van der Waals surface area contributed by atoms with Crippen molar-refractivity contribution in [2.75, 3.05) is 13.7 Å². The number of ether oxygens (including phenoxy) is 1. The number of rotatable bonds is 2. The molecule has 1 aliphatic heterocycles. The molecule has 1 aromatic rings. The van der Waals surface area contributed by atoms with E-state index in [2.05, 4.69) is 5.32 Å². The Hall–Kier alpha value is -1.55. The Balaban J connectivity index is 2.40. The summed E-state index contributed by atoms with van der Waals surface area (Å²) in [7, 11) is 1.61. The Kier molecular flexibility index (Phi) is 2.60. The van der Waals surface area contributed by atoms with Crippen molar-refractivity contribution in [2.45, 2.75) is 12.5 Å². The van der Waals surface area contributed by atoms with Crippen LogP contribution in [0.1, 0.15) is 17.2 Å². The number of hydrogen-bond acceptors (Lipinski definition) is 3. The second-order valence-electron chi connectivity index (χ2n) is 3.54. The van der Waals surface area contributed by atoms with Crippen LogP contribution < -0.4 is 10.1 Å². The van der Waals surface area contributed by atoms with Crippen LogP contribution in [0.2, 0.25) is 0 Å². The number of carbonyl (C=O) groups is 1. The van der Waals surface area contributed by atoms with Crippen molar-refractivity contribution in [1.29, 1.82) is 0 Å². The van der Waals surface area contributed by atoms with Gasteiger partial charge in [-0.2, -0.15) is 0 Å². The quantitative estimate of drug-likeness (QED) is 0.758. The summed E-state index contributed by atoms with van der Waals surface area (Å²) in [6.07, 6.45) is 0.844. The molecule has 1 aromatic carbocycles. The molecule has 2 rings (SSSR count). The van der Waals surface area contributed by atoms with Gasteiger partial charge in [-0.05, 0) is 29.7 Å². The van der Waals surface area contributed by atoms with Crippen molar-refractivity contribution in [3.63, 3.8) is 0 Å². The molecule has 0 aliphatic carbocycles. The predicted octanol–water partition coefficient (Wildman–Crippen LogP) is 0.967. The summed E-state index contributed by atoms with van der Waals surface area (Å²) in [6.45, 7) is 0.692. The maximum Gasteiger partial charge on any atom is 0.325 e. The fraction of sp³-hybridized carbons (Fsp3) is 0.364. The lowest BCUT2D eigenvalue weighted by Gasteiger charge is -2.24. The monoisotopic (exact) mass is 207 g/mol. The molecule has 0 bridgehead atoms. The highest BCUT2D eigenvalue weighted by Gasteiger charge is 2.25. The van der Waals surface area contributed by atoms with Gasteiger partial charge in [0.1, 0.15) is 11.8 Å². The maximum atomic E-state index is 11.0. The molecule has 0 radical (unpaired) electrons. The van der Waals surface area contributed by atoms with Gasteiger partial charge in [0, 0.05) is 6.54 Å². The van der Waals surface area contributed by atoms with E-state index in [4.69, 9.17) is 9.84 Å². The van der Waals surface area contributed by atoms with Crippen LogP contribution in [-0.4, -0.2) is 24.7 Å². The van der Waals surface area contributed by atoms with Crippen LogP contribution in [-0.2, 0) is 11.2 Å². The number of methoxy groups -OCH3 is 1. The smallest absolute Gasteiger partial charge is 0.325 e. The third-order valence-corrected chi connectivity index (χ3v) is 2.65. The molecule has 0 fully saturated rings. The fourth-order valence-corrected chi connectivity index (χ4v) is 1.89. The number of carboxylic acids is 1. The van der Waals surface area contributed by atoms with E-state index < -0.39 is 12.0 Å². The van der Waals surface area contributed by atoms with Crippen molar-refractivity contribution >= 4 is 5.97 Å². The first kappa shape index (κ1) is 9.98. The molecule has 4 nitrogen and oxygen atoms in total. The topological polar surface area (TPSA) is 58.6 Å². The van der Waals surface area contributed by atoms with Crippen LogP contribution in [0.4, 0.5) is 0 Å². The molecule has 0 saturated heterocycles. The standard InChI is InChI=1S/C11H13NO3/c1-15-8-2-3-9-7(6-8)4-5-12-10(9)11(13)14/h2-3,6,10,12H,4-5H2,1H3,(H,13,14). The highest BCUT2D eigenvalue weighted by Crippen LogP contribution is 2.26. The van der Waals surface area contributed by atoms with Crippen LogP contribution in [0.25, 0.3) is 0 Å². The highest BCUT2D eigenvalue weighted by atomic mass is 16.5. The zero-order chi connectivity index (χ0) is 10.8. The Morgan fingerprint density at radius 3 is 3.07 bits per heavy atom. The first-order valence-corrected chi connectivity index (χ1v) is 4.85. The lowest BCUT2D eigenvalue weighted by Crippen LogP contribution is -2.34. The predicted molar refractivity (Wildman–Crippen MR) is 55.1 cm³/mol. The second kappa shape index (κ2) is 3.90. The van der Waals surface area contributed by atoms with Gasteiger partial charge in [0.25, 0.3) is 0 Å². The van der Waals surface area contributed by atoms with Crippen LogP contribution in [0.15, 0.2) is 18.2 Å². The molecule has 0 amide bonds. The molecule has 2 N–H and O–H groups in total. The summed E-state index contributed by atoms with van der Waals surface area (Å²) in [6, 6.07) is 4.94. The first-order chi connectivity index (χ1) is 7.22. The van der Waals surface area contributed by atoms with E-state index in [1.807, 2.05) is 12.1 Å². The van der Waals surface area contributed by atoms with Gasteiger partial charge in [-0.15, -0.1) is 0 Å².